The first-order chi connectivity index (χ1) is 10.9. The van der Waals surface area contributed by atoms with Gasteiger partial charge in [0.15, 0.2) is 11.5 Å². The van der Waals surface area contributed by atoms with E-state index >= 15 is 0 Å². The number of para-hydroxylation sites is 1. The molecule has 124 valence electrons. The maximum absolute atomic E-state index is 12.1. The molecule has 2 rings (SSSR count). The highest BCUT2D eigenvalue weighted by atomic mass is 19.4. The number of phenolic OH excluding ortho intramolecular Hbond substituents is 1. The van der Waals surface area contributed by atoms with E-state index in [4.69, 9.17) is 4.74 Å². The van der Waals surface area contributed by atoms with Gasteiger partial charge in [0.25, 0.3) is 0 Å². The van der Waals surface area contributed by atoms with Crippen molar-refractivity contribution in [2.45, 2.75) is 19.8 Å². The highest BCUT2D eigenvalue weighted by molar-refractivity contribution is 5.50. The number of anilines is 1. The summed E-state index contributed by atoms with van der Waals surface area (Å²) in [6.45, 7) is 2.55. The lowest BCUT2D eigenvalue weighted by molar-refractivity contribution is -0.274. The Labute approximate surface area is 131 Å². The number of hydrogen-bond acceptors (Lipinski definition) is 4. The maximum Gasteiger partial charge on any atom is 0.573 e. The predicted octanol–water partition coefficient (Wildman–Crippen LogP) is 4.30. The molecular formula is C16H16F3NO3. The van der Waals surface area contributed by atoms with Crippen LogP contribution in [0.4, 0.5) is 18.9 Å². The second-order valence-corrected chi connectivity index (χ2v) is 4.62. The highest BCUT2D eigenvalue weighted by Gasteiger charge is 2.30. The lowest BCUT2D eigenvalue weighted by Gasteiger charge is -2.12. The number of aromatic hydroxyl groups is 1. The summed E-state index contributed by atoms with van der Waals surface area (Å²) in [7, 11) is 0. The number of benzene rings is 2. The molecule has 0 aliphatic rings. The molecule has 0 fully saturated rings. The summed E-state index contributed by atoms with van der Waals surface area (Å²) in [5.74, 6) is 0.142. The van der Waals surface area contributed by atoms with Crippen molar-refractivity contribution in [3.8, 4) is 17.2 Å². The number of nitrogens with one attached hydrogen (secondary N) is 1. The van der Waals surface area contributed by atoms with Crippen LogP contribution >= 0.6 is 0 Å². The van der Waals surface area contributed by atoms with E-state index in [1.165, 1.54) is 24.3 Å². The van der Waals surface area contributed by atoms with Crippen LogP contribution in [0.5, 0.6) is 17.2 Å². The third-order valence-electron chi connectivity index (χ3n) is 2.95. The van der Waals surface area contributed by atoms with Gasteiger partial charge in [-0.2, -0.15) is 0 Å². The molecular weight excluding hydrogens is 311 g/mol. The topological polar surface area (TPSA) is 50.7 Å². The zero-order valence-corrected chi connectivity index (χ0v) is 12.4. The van der Waals surface area contributed by atoms with E-state index in [1.54, 1.807) is 18.2 Å². The van der Waals surface area contributed by atoms with Crippen LogP contribution in [0, 0.1) is 0 Å². The fraction of sp³-hybridized carbons (Fsp3) is 0.250. The van der Waals surface area contributed by atoms with Crippen molar-refractivity contribution < 1.29 is 27.8 Å². The summed E-state index contributed by atoms with van der Waals surface area (Å²) in [4.78, 5) is 0. The van der Waals surface area contributed by atoms with Crippen molar-refractivity contribution in [1.82, 2.24) is 0 Å². The van der Waals surface area contributed by atoms with E-state index in [1.807, 2.05) is 6.92 Å². The Morgan fingerprint density at radius 2 is 1.78 bits per heavy atom. The van der Waals surface area contributed by atoms with Crippen molar-refractivity contribution >= 4 is 5.69 Å². The molecule has 0 atom stereocenters. The molecule has 2 aromatic rings. The summed E-state index contributed by atoms with van der Waals surface area (Å²) in [5.41, 5.74) is 1.22. The molecule has 4 nitrogen and oxygen atoms in total. The molecule has 2 N–H and O–H groups in total. The van der Waals surface area contributed by atoms with Crippen LogP contribution in [-0.4, -0.2) is 18.1 Å². The summed E-state index contributed by atoms with van der Waals surface area (Å²) >= 11 is 0. The predicted molar refractivity (Wildman–Crippen MR) is 79.7 cm³/mol. The van der Waals surface area contributed by atoms with Crippen LogP contribution in [-0.2, 0) is 6.54 Å². The number of alkyl halides is 3. The molecule has 0 amide bonds. The fourth-order valence-electron chi connectivity index (χ4n) is 1.95. The molecule has 0 spiro atoms. The molecule has 0 saturated carbocycles. The van der Waals surface area contributed by atoms with Crippen LogP contribution in [0.25, 0.3) is 0 Å². The Bertz CT molecular complexity index is 642. The van der Waals surface area contributed by atoms with E-state index in [-0.39, 0.29) is 11.5 Å². The minimum atomic E-state index is -4.71. The van der Waals surface area contributed by atoms with Gasteiger partial charge in [0, 0.05) is 17.8 Å². The Kier molecular flexibility index (Phi) is 5.20. The van der Waals surface area contributed by atoms with Crippen molar-refractivity contribution in [2.75, 3.05) is 11.9 Å². The van der Waals surface area contributed by atoms with Crippen LogP contribution in [0.15, 0.2) is 42.5 Å². The lowest BCUT2D eigenvalue weighted by Crippen LogP contribution is -2.17. The van der Waals surface area contributed by atoms with Crippen molar-refractivity contribution in [1.29, 1.82) is 0 Å². The first kappa shape index (κ1) is 16.8. The molecule has 0 heterocycles. The molecule has 0 bridgehead atoms. The van der Waals surface area contributed by atoms with Gasteiger partial charge in [0.05, 0.1) is 6.61 Å². The summed E-state index contributed by atoms with van der Waals surface area (Å²) in [5, 5.41) is 13.1. The second-order valence-electron chi connectivity index (χ2n) is 4.62. The van der Waals surface area contributed by atoms with Crippen molar-refractivity contribution in [3.05, 3.63) is 48.0 Å². The fourth-order valence-corrected chi connectivity index (χ4v) is 1.95. The van der Waals surface area contributed by atoms with E-state index in [0.29, 0.717) is 30.2 Å². The normalized spacial score (nSPS) is 11.1. The Morgan fingerprint density at radius 3 is 2.39 bits per heavy atom. The second kappa shape index (κ2) is 7.13. The number of halogens is 3. The standard InChI is InChI=1S/C16H16F3NO3/c1-2-22-14-5-3-4-11(15(14)21)10-20-12-6-8-13(9-7-12)23-16(17,18)19/h3-9,20-21H,2,10H2,1H3. The van der Waals surface area contributed by atoms with E-state index in [0.717, 1.165) is 0 Å². The summed E-state index contributed by atoms with van der Waals surface area (Å²) in [6, 6.07) is 10.5. The third-order valence-corrected chi connectivity index (χ3v) is 2.95. The number of hydrogen-bond donors (Lipinski definition) is 2. The van der Waals surface area contributed by atoms with Crippen LogP contribution < -0.4 is 14.8 Å². The van der Waals surface area contributed by atoms with Crippen molar-refractivity contribution in [3.63, 3.8) is 0 Å². The van der Waals surface area contributed by atoms with Crippen molar-refractivity contribution in [2.24, 2.45) is 0 Å². The third kappa shape index (κ3) is 4.98. The minimum absolute atomic E-state index is 0.0406. The van der Waals surface area contributed by atoms with Gasteiger partial charge in [0.2, 0.25) is 0 Å². The molecule has 0 unspecified atom stereocenters. The van der Waals surface area contributed by atoms with Gasteiger partial charge in [-0.1, -0.05) is 12.1 Å². The molecule has 0 aliphatic heterocycles. The monoisotopic (exact) mass is 327 g/mol. The number of phenols is 1. The summed E-state index contributed by atoms with van der Waals surface area (Å²) < 4.78 is 45.3. The zero-order valence-electron chi connectivity index (χ0n) is 12.4. The Hall–Kier alpha value is -2.57. The molecule has 7 heteroatoms. The van der Waals surface area contributed by atoms with E-state index < -0.39 is 6.36 Å². The molecule has 0 aromatic heterocycles. The average molecular weight is 327 g/mol. The minimum Gasteiger partial charge on any atom is -0.504 e. The average Bonchev–Trinajstić information content (AvgIpc) is 2.48. The Balaban J connectivity index is 2.00. The number of ether oxygens (including phenoxy) is 2. The van der Waals surface area contributed by atoms with Crippen LogP contribution in [0.3, 0.4) is 0 Å². The van der Waals surface area contributed by atoms with E-state index in [9.17, 15) is 18.3 Å². The lowest BCUT2D eigenvalue weighted by atomic mass is 10.2. The van der Waals surface area contributed by atoms with Gasteiger partial charge in [-0.3, -0.25) is 0 Å². The first-order valence-corrected chi connectivity index (χ1v) is 6.92. The largest absolute Gasteiger partial charge is 0.573 e. The van der Waals surface area contributed by atoms with Crippen LogP contribution in [0.1, 0.15) is 12.5 Å². The molecule has 0 saturated heterocycles. The van der Waals surface area contributed by atoms with Gasteiger partial charge in [-0.05, 0) is 37.3 Å². The van der Waals surface area contributed by atoms with E-state index in [2.05, 4.69) is 10.1 Å². The number of rotatable bonds is 6. The quantitative estimate of drug-likeness (QED) is 0.830. The van der Waals surface area contributed by atoms with Crippen LogP contribution in [0.2, 0.25) is 0 Å². The zero-order chi connectivity index (χ0) is 16.9. The molecule has 0 radical (unpaired) electrons. The Morgan fingerprint density at radius 1 is 1.09 bits per heavy atom. The first-order valence-electron chi connectivity index (χ1n) is 6.92. The smallest absolute Gasteiger partial charge is 0.504 e. The summed E-state index contributed by atoms with van der Waals surface area (Å²) in [6.07, 6.45) is -4.71. The van der Waals surface area contributed by atoms with Gasteiger partial charge < -0.3 is 19.9 Å². The molecule has 2 aromatic carbocycles. The highest BCUT2D eigenvalue weighted by Crippen LogP contribution is 2.30. The molecule has 0 aliphatic carbocycles. The molecule has 23 heavy (non-hydrogen) atoms. The van der Waals surface area contributed by atoms with Gasteiger partial charge in [-0.25, -0.2) is 0 Å². The van der Waals surface area contributed by atoms with Gasteiger partial charge >= 0.3 is 6.36 Å². The SMILES string of the molecule is CCOc1cccc(CNc2ccc(OC(F)(F)F)cc2)c1O. The maximum atomic E-state index is 12.1. The van der Waals surface area contributed by atoms with Gasteiger partial charge in [-0.15, -0.1) is 13.2 Å². The van der Waals surface area contributed by atoms with Gasteiger partial charge in [0.1, 0.15) is 5.75 Å².